The molecule has 0 bridgehead atoms. The van der Waals surface area contributed by atoms with Crippen molar-refractivity contribution in [2.45, 2.75) is 25.0 Å². The number of carbonyl (C=O) groups excluding carboxylic acids is 1. The number of carbonyl (C=O) groups is 1. The van der Waals surface area contributed by atoms with Crippen molar-refractivity contribution in [2.24, 2.45) is 0 Å². The first-order valence-corrected chi connectivity index (χ1v) is 10.9. The number of ether oxygens (including phenoxy) is 1. The lowest BCUT2D eigenvalue weighted by Gasteiger charge is -2.11. The maximum atomic E-state index is 12.6. The minimum Gasteiger partial charge on any atom is -0.487 e. The predicted molar refractivity (Wildman–Crippen MR) is 110 cm³/mol. The van der Waals surface area contributed by atoms with Crippen LogP contribution in [0.4, 0.5) is 0 Å². The molecule has 0 unspecified atom stereocenters. The van der Waals surface area contributed by atoms with Crippen LogP contribution in [0.3, 0.4) is 0 Å². The Bertz CT molecular complexity index is 1110. The van der Waals surface area contributed by atoms with Gasteiger partial charge < -0.3 is 10.1 Å². The SMILES string of the molecule is Cc1ccc(S(C)(=O)=O)cc1C(=O)NCc1cccc(OCc2ccccn2)c1. The van der Waals surface area contributed by atoms with E-state index in [2.05, 4.69) is 10.3 Å². The number of hydrogen-bond acceptors (Lipinski definition) is 5. The van der Waals surface area contributed by atoms with Crippen molar-refractivity contribution < 1.29 is 17.9 Å². The highest BCUT2D eigenvalue weighted by atomic mass is 32.2. The van der Waals surface area contributed by atoms with Crippen LogP contribution in [0.5, 0.6) is 5.75 Å². The van der Waals surface area contributed by atoms with Gasteiger partial charge in [0.25, 0.3) is 5.91 Å². The summed E-state index contributed by atoms with van der Waals surface area (Å²) < 4.78 is 29.3. The fourth-order valence-corrected chi connectivity index (χ4v) is 3.39. The largest absolute Gasteiger partial charge is 0.487 e. The number of aryl methyl sites for hydroxylation is 1. The third-order valence-corrected chi connectivity index (χ3v) is 5.46. The number of pyridine rings is 1. The van der Waals surface area contributed by atoms with Crippen LogP contribution in [0.2, 0.25) is 0 Å². The van der Waals surface area contributed by atoms with Gasteiger partial charge in [-0.15, -0.1) is 0 Å². The Labute approximate surface area is 170 Å². The number of nitrogens with zero attached hydrogens (tertiary/aromatic N) is 1. The van der Waals surface area contributed by atoms with Crippen molar-refractivity contribution in [3.63, 3.8) is 0 Å². The zero-order valence-electron chi connectivity index (χ0n) is 16.3. The monoisotopic (exact) mass is 410 g/mol. The van der Waals surface area contributed by atoms with Crippen molar-refractivity contribution in [2.75, 3.05) is 6.26 Å². The molecule has 6 nitrogen and oxygen atoms in total. The van der Waals surface area contributed by atoms with E-state index in [0.29, 0.717) is 30.0 Å². The Hall–Kier alpha value is -3.19. The van der Waals surface area contributed by atoms with Gasteiger partial charge in [0, 0.05) is 24.6 Å². The molecule has 0 aliphatic heterocycles. The van der Waals surface area contributed by atoms with Gasteiger partial charge in [0.2, 0.25) is 0 Å². The average molecular weight is 410 g/mol. The summed E-state index contributed by atoms with van der Waals surface area (Å²) in [6.07, 6.45) is 2.83. The van der Waals surface area contributed by atoms with Crippen LogP contribution in [0.1, 0.15) is 27.2 Å². The van der Waals surface area contributed by atoms with E-state index in [1.54, 1.807) is 19.2 Å². The van der Waals surface area contributed by atoms with E-state index in [1.807, 2.05) is 42.5 Å². The Morgan fingerprint density at radius 3 is 2.62 bits per heavy atom. The highest BCUT2D eigenvalue weighted by Crippen LogP contribution is 2.17. The summed E-state index contributed by atoms with van der Waals surface area (Å²) in [6.45, 7) is 2.42. The van der Waals surface area contributed by atoms with Crippen LogP contribution in [0.15, 0.2) is 71.8 Å². The molecule has 0 spiro atoms. The molecular formula is C22H22N2O4S. The van der Waals surface area contributed by atoms with Crippen molar-refractivity contribution in [1.29, 1.82) is 0 Å². The number of rotatable bonds is 7. The molecule has 0 saturated carbocycles. The molecule has 3 rings (SSSR count). The highest BCUT2D eigenvalue weighted by molar-refractivity contribution is 7.90. The van der Waals surface area contributed by atoms with E-state index in [9.17, 15) is 13.2 Å². The molecule has 0 fully saturated rings. The molecule has 0 aliphatic carbocycles. The number of amides is 1. The molecule has 0 atom stereocenters. The van der Waals surface area contributed by atoms with Crippen LogP contribution < -0.4 is 10.1 Å². The molecule has 0 radical (unpaired) electrons. The topological polar surface area (TPSA) is 85.4 Å². The highest BCUT2D eigenvalue weighted by Gasteiger charge is 2.14. The third-order valence-electron chi connectivity index (χ3n) is 4.35. The molecule has 3 aromatic rings. The quantitative estimate of drug-likeness (QED) is 0.646. The second-order valence-corrected chi connectivity index (χ2v) is 8.70. The first kappa shape index (κ1) is 20.5. The molecule has 2 aromatic carbocycles. The summed E-state index contributed by atoms with van der Waals surface area (Å²) in [4.78, 5) is 16.9. The van der Waals surface area contributed by atoms with Gasteiger partial charge in [-0.2, -0.15) is 0 Å². The summed E-state index contributed by atoms with van der Waals surface area (Å²) in [7, 11) is -3.38. The number of aromatic nitrogens is 1. The lowest BCUT2D eigenvalue weighted by atomic mass is 10.1. The van der Waals surface area contributed by atoms with Gasteiger partial charge in [-0.25, -0.2) is 8.42 Å². The minimum atomic E-state index is -3.38. The van der Waals surface area contributed by atoms with Crippen molar-refractivity contribution in [3.8, 4) is 5.75 Å². The number of nitrogens with one attached hydrogen (secondary N) is 1. The van der Waals surface area contributed by atoms with Gasteiger partial charge in [-0.1, -0.05) is 24.3 Å². The molecule has 0 aliphatic rings. The van der Waals surface area contributed by atoms with Crippen LogP contribution in [-0.2, 0) is 23.0 Å². The molecule has 1 N–H and O–H groups in total. The summed E-state index contributed by atoms with van der Waals surface area (Å²) in [5, 5.41) is 2.83. The molecule has 1 heterocycles. The number of sulfone groups is 1. The van der Waals surface area contributed by atoms with Gasteiger partial charge >= 0.3 is 0 Å². The minimum absolute atomic E-state index is 0.123. The summed E-state index contributed by atoms with van der Waals surface area (Å²) >= 11 is 0. The molecule has 1 amide bonds. The number of hydrogen-bond donors (Lipinski definition) is 1. The molecule has 1 aromatic heterocycles. The first-order chi connectivity index (χ1) is 13.8. The summed E-state index contributed by atoms with van der Waals surface area (Å²) in [5.74, 6) is 0.352. The maximum absolute atomic E-state index is 12.6. The Morgan fingerprint density at radius 2 is 1.90 bits per heavy atom. The van der Waals surface area contributed by atoms with Crippen molar-refractivity contribution in [3.05, 3.63) is 89.2 Å². The average Bonchev–Trinajstić information content (AvgIpc) is 2.71. The Morgan fingerprint density at radius 1 is 1.07 bits per heavy atom. The van der Waals surface area contributed by atoms with E-state index >= 15 is 0 Å². The zero-order chi connectivity index (χ0) is 20.9. The zero-order valence-corrected chi connectivity index (χ0v) is 17.1. The van der Waals surface area contributed by atoms with Gasteiger partial charge in [-0.3, -0.25) is 9.78 Å². The van der Waals surface area contributed by atoms with E-state index < -0.39 is 9.84 Å². The van der Waals surface area contributed by atoms with Gasteiger partial charge in [0.1, 0.15) is 12.4 Å². The number of benzene rings is 2. The molecule has 150 valence electrons. The molecule has 0 saturated heterocycles. The van der Waals surface area contributed by atoms with E-state index in [-0.39, 0.29) is 10.8 Å². The predicted octanol–water partition coefficient (Wildman–Crippen LogP) is 3.30. The van der Waals surface area contributed by atoms with E-state index in [4.69, 9.17) is 4.74 Å². The molecule has 29 heavy (non-hydrogen) atoms. The first-order valence-electron chi connectivity index (χ1n) is 9.03. The maximum Gasteiger partial charge on any atom is 0.251 e. The fraction of sp³-hybridized carbons (Fsp3) is 0.182. The van der Waals surface area contributed by atoms with Gasteiger partial charge in [-0.05, 0) is 54.4 Å². The van der Waals surface area contributed by atoms with Crippen LogP contribution >= 0.6 is 0 Å². The third kappa shape index (κ3) is 5.65. The Kier molecular flexibility index (Phi) is 6.29. The molecule has 7 heteroatoms. The standard InChI is InChI=1S/C22H22N2O4S/c1-16-9-10-20(29(2,26)27)13-21(16)22(25)24-14-17-6-5-8-19(12-17)28-15-18-7-3-4-11-23-18/h3-13H,14-15H2,1-2H3,(H,24,25). The van der Waals surface area contributed by atoms with E-state index in [1.165, 1.54) is 12.1 Å². The second kappa shape index (κ2) is 8.87. The second-order valence-electron chi connectivity index (χ2n) is 6.69. The lowest BCUT2D eigenvalue weighted by molar-refractivity contribution is 0.0950. The van der Waals surface area contributed by atoms with E-state index in [0.717, 1.165) is 17.5 Å². The lowest BCUT2D eigenvalue weighted by Crippen LogP contribution is -2.24. The normalized spacial score (nSPS) is 11.1. The summed E-state index contributed by atoms with van der Waals surface area (Å²) in [6, 6.07) is 17.6. The van der Waals surface area contributed by atoms with Crippen LogP contribution in [0, 0.1) is 6.92 Å². The fourth-order valence-electron chi connectivity index (χ4n) is 2.74. The van der Waals surface area contributed by atoms with Crippen molar-refractivity contribution >= 4 is 15.7 Å². The summed E-state index contributed by atoms with van der Waals surface area (Å²) in [5.41, 5.74) is 2.75. The van der Waals surface area contributed by atoms with Gasteiger partial charge in [0.05, 0.1) is 10.6 Å². The van der Waals surface area contributed by atoms with Crippen LogP contribution in [-0.4, -0.2) is 25.6 Å². The van der Waals surface area contributed by atoms with Crippen molar-refractivity contribution in [1.82, 2.24) is 10.3 Å². The van der Waals surface area contributed by atoms with Gasteiger partial charge in [0.15, 0.2) is 9.84 Å². The smallest absolute Gasteiger partial charge is 0.251 e. The Balaban J connectivity index is 1.65. The van der Waals surface area contributed by atoms with Crippen LogP contribution in [0.25, 0.3) is 0 Å². The molecular weight excluding hydrogens is 388 g/mol.